The van der Waals surface area contributed by atoms with Crippen molar-refractivity contribution in [2.45, 2.75) is 11.6 Å². The molecule has 1 aliphatic rings. The van der Waals surface area contributed by atoms with E-state index < -0.39 is 11.7 Å². The monoisotopic (exact) mass is 299 g/mol. The maximum Gasteiger partial charge on any atom is 0.416 e. The van der Waals surface area contributed by atoms with Crippen molar-refractivity contribution in [3.8, 4) is 5.69 Å². The van der Waals surface area contributed by atoms with Gasteiger partial charge in [0, 0.05) is 29.4 Å². The summed E-state index contributed by atoms with van der Waals surface area (Å²) in [6.07, 6.45) is -0.748. The van der Waals surface area contributed by atoms with Gasteiger partial charge in [0.25, 0.3) is 0 Å². The second-order valence-corrected chi connectivity index (χ2v) is 5.64. The molecule has 1 aromatic carbocycles. The van der Waals surface area contributed by atoms with E-state index in [1.165, 1.54) is 6.07 Å². The molecule has 3 rings (SSSR count). The van der Waals surface area contributed by atoms with E-state index in [9.17, 15) is 13.2 Å². The highest BCUT2D eigenvalue weighted by Crippen LogP contribution is 2.36. The van der Waals surface area contributed by atoms with Crippen LogP contribution in [0.3, 0.4) is 0 Å². The normalized spacial score (nSPS) is 19.4. The molecule has 20 heavy (non-hydrogen) atoms. The Morgan fingerprint density at radius 2 is 2.10 bits per heavy atom. The highest BCUT2D eigenvalue weighted by molar-refractivity contribution is 7.99. The molecule has 0 aliphatic carbocycles. The lowest BCUT2D eigenvalue weighted by Gasteiger charge is -2.09. The highest BCUT2D eigenvalue weighted by atomic mass is 32.2. The number of nitrogens with zero attached hydrogens (tertiary/aromatic N) is 1. The minimum absolute atomic E-state index is 0.0120. The van der Waals surface area contributed by atoms with Gasteiger partial charge in [0.15, 0.2) is 0 Å². The van der Waals surface area contributed by atoms with Crippen LogP contribution in [0.1, 0.15) is 16.6 Å². The summed E-state index contributed by atoms with van der Waals surface area (Å²) in [6.45, 7) is 0.712. The van der Waals surface area contributed by atoms with E-state index >= 15 is 0 Å². The van der Waals surface area contributed by atoms with Crippen LogP contribution in [0.4, 0.5) is 13.2 Å². The van der Waals surface area contributed by atoms with Gasteiger partial charge in [0.1, 0.15) is 5.44 Å². The maximum absolute atomic E-state index is 12.7. The van der Waals surface area contributed by atoms with Crippen LogP contribution in [0.25, 0.3) is 5.69 Å². The fourth-order valence-electron chi connectivity index (χ4n) is 2.11. The van der Waals surface area contributed by atoms with E-state index in [0.717, 1.165) is 23.4 Å². The summed E-state index contributed by atoms with van der Waals surface area (Å²) in [4.78, 5) is 0. The first-order valence-corrected chi connectivity index (χ1v) is 7.18. The number of thioether (sulfide) groups is 1. The number of alkyl halides is 3. The van der Waals surface area contributed by atoms with E-state index in [0.29, 0.717) is 12.3 Å². The SMILES string of the molecule is FC(F)(F)c1cccc(-n2ccc(C3OCCS3)c2)c1. The van der Waals surface area contributed by atoms with Crippen molar-refractivity contribution >= 4 is 11.8 Å². The van der Waals surface area contributed by atoms with Crippen molar-refractivity contribution in [3.05, 3.63) is 53.9 Å². The van der Waals surface area contributed by atoms with Gasteiger partial charge in [-0.25, -0.2) is 0 Å². The molecule has 0 saturated carbocycles. The lowest BCUT2D eigenvalue weighted by atomic mass is 10.2. The van der Waals surface area contributed by atoms with Crippen LogP contribution in [-0.4, -0.2) is 16.9 Å². The van der Waals surface area contributed by atoms with Crippen LogP contribution in [0.5, 0.6) is 0 Å². The molecule has 2 aromatic rings. The predicted molar refractivity (Wildman–Crippen MR) is 71.9 cm³/mol. The quantitative estimate of drug-likeness (QED) is 0.822. The first-order chi connectivity index (χ1) is 9.54. The zero-order valence-corrected chi connectivity index (χ0v) is 11.2. The lowest BCUT2D eigenvalue weighted by Crippen LogP contribution is -2.05. The van der Waals surface area contributed by atoms with Crippen LogP contribution in [-0.2, 0) is 10.9 Å². The third-order valence-corrected chi connectivity index (χ3v) is 4.19. The molecule has 106 valence electrons. The number of hydrogen-bond acceptors (Lipinski definition) is 2. The van der Waals surface area contributed by atoms with Crippen LogP contribution in [0.15, 0.2) is 42.7 Å². The van der Waals surface area contributed by atoms with E-state index in [1.54, 1.807) is 28.6 Å². The number of halogens is 3. The smallest absolute Gasteiger partial charge is 0.362 e. The molecule has 1 aliphatic heterocycles. The van der Waals surface area contributed by atoms with E-state index in [-0.39, 0.29) is 5.44 Å². The Balaban J connectivity index is 1.89. The molecule has 1 atom stereocenters. The third kappa shape index (κ3) is 2.71. The van der Waals surface area contributed by atoms with Crippen molar-refractivity contribution in [1.82, 2.24) is 4.57 Å². The van der Waals surface area contributed by atoms with Gasteiger partial charge in [-0.15, -0.1) is 11.8 Å². The number of benzene rings is 1. The second kappa shape index (κ2) is 5.18. The largest absolute Gasteiger partial charge is 0.416 e. The highest BCUT2D eigenvalue weighted by Gasteiger charge is 2.30. The first kappa shape index (κ1) is 13.6. The zero-order valence-electron chi connectivity index (χ0n) is 10.4. The van der Waals surface area contributed by atoms with Crippen molar-refractivity contribution in [2.75, 3.05) is 12.4 Å². The average molecular weight is 299 g/mol. The van der Waals surface area contributed by atoms with Crippen LogP contribution < -0.4 is 0 Å². The molecule has 1 unspecified atom stereocenters. The van der Waals surface area contributed by atoms with Crippen LogP contribution in [0, 0.1) is 0 Å². The molecule has 1 fully saturated rings. The summed E-state index contributed by atoms with van der Waals surface area (Å²) in [6, 6.07) is 7.17. The Morgan fingerprint density at radius 3 is 2.80 bits per heavy atom. The first-order valence-electron chi connectivity index (χ1n) is 6.13. The number of aromatic nitrogens is 1. The maximum atomic E-state index is 12.7. The van der Waals surface area contributed by atoms with Crippen molar-refractivity contribution in [1.29, 1.82) is 0 Å². The summed E-state index contributed by atoms with van der Waals surface area (Å²) in [5.41, 5.74) is 0.817. The Hall–Kier alpha value is -1.40. The molecule has 1 aromatic heterocycles. The molecule has 2 nitrogen and oxygen atoms in total. The Morgan fingerprint density at radius 1 is 1.25 bits per heavy atom. The molecule has 2 heterocycles. The van der Waals surface area contributed by atoms with Gasteiger partial charge in [-0.2, -0.15) is 13.2 Å². The fourth-order valence-corrected chi connectivity index (χ4v) is 3.04. The predicted octanol–water partition coefficient (Wildman–Crippen LogP) is 4.26. The summed E-state index contributed by atoms with van der Waals surface area (Å²) in [5.74, 6) is 0.944. The molecule has 1 saturated heterocycles. The van der Waals surface area contributed by atoms with Crippen molar-refractivity contribution in [2.24, 2.45) is 0 Å². The minimum Gasteiger partial charge on any atom is -0.362 e. The van der Waals surface area contributed by atoms with Gasteiger partial charge < -0.3 is 9.30 Å². The van der Waals surface area contributed by atoms with Gasteiger partial charge >= 0.3 is 6.18 Å². The average Bonchev–Trinajstić information content (AvgIpc) is 3.09. The van der Waals surface area contributed by atoms with Crippen molar-refractivity contribution in [3.63, 3.8) is 0 Å². The van der Waals surface area contributed by atoms with E-state index in [1.807, 2.05) is 12.3 Å². The van der Waals surface area contributed by atoms with Crippen molar-refractivity contribution < 1.29 is 17.9 Å². The van der Waals surface area contributed by atoms with E-state index in [2.05, 4.69) is 0 Å². The standard InChI is InChI=1S/C14H12F3NOS/c15-14(16,17)11-2-1-3-12(8-11)18-5-4-10(9-18)13-19-6-7-20-13/h1-5,8-9,13H,6-7H2. The molecule has 0 bridgehead atoms. The summed E-state index contributed by atoms with van der Waals surface area (Å²) >= 11 is 1.70. The zero-order chi connectivity index (χ0) is 14.2. The molecule has 0 amide bonds. The second-order valence-electron chi connectivity index (χ2n) is 4.47. The Kier molecular flexibility index (Phi) is 3.52. The molecule has 0 N–H and O–H groups in total. The number of hydrogen-bond donors (Lipinski definition) is 0. The van der Waals surface area contributed by atoms with Gasteiger partial charge in [-0.05, 0) is 24.3 Å². The summed E-state index contributed by atoms with van der Waals surface area (Å²) in [7, 11) is 0. The number of ether oxygens (including phenoxy) is 1. The summed E-state index contributed by atoms with van der Waals surface area (Å²) in [5, 5.41) is 0. The molecular weight excluding hydrogens is 287 g/mol. The van der Waals surface area contributed by atoms with Gasteiger partial charge in [0.2, 0.25) is 0 Å². The lowest BCUT2D eigenvalue weighted by molar-refractivity contribution is -0.137. The van der Waals surface area contributed by atoms with Crippen LogP contribution in [0.2, 0.25) is 0 Å². The molecule has 0 radical (unpaired) electrons. The van der Waals surface area contributed by atoms with Gasteiger partial charge in [-0.3, -0.25) is 0 Å². The Bertz CT molecular complexity index is 602. The van der Waals surface area contributed by atoms with Gasteiger partial charge in [0.05, 0.1) is 12.2 Å². The number of rotatable bonds is 2. The van der Waals surface area contributed by atoms with E-state index in [4.69, 9.17) is 4.74 Å². The van der Waals surface area contributed by atoms with Gasteiger partial charge in [-0.1, -0.05) is 6.07 Å². The molecule has 0 spiro atoms. The van der Waals surface area contributed by atoms with Crippen LogP contribution >= 0.6 is 11.8 Å². The summed E-state index contributed by atoms with van der Waals surface area (Å²) < 4.78 is 45.3. The minimum atomic E-state index is -4.32. The fraction of sp³-hybridized carbons (Fsp3) is 0.286. The topological polar surface area (TPSA) is 14.2 Å². The third-order valence-electron chi connectivity index (χ3n) is 3.08. The Labute approximate surface area is 118 Å². The molecular formula is C14H12F3NOS. The molecule has 6 heteroatoms.